The summed E-state index contributed by atoms with van der Waals surface area (Å²) < 4.78 is 16.7. The van der Waals surface area contributed by atoms with Crippen molar-refractivity contribution in [1.29, 1.82) is 0 Å². The van der Waals surface area contributed by atoms with Gasteiger partial charge >= 0.3 is 0 Å². The molecule has 0 aromatic heterocycles. The molecule has 0 heterocycles. The molecule has 1 N–H and O–H groups in total. The molecule has 5 heteroatoms. The number of ether oxygens (including phenoxy) is 3. The Morgan fingerprint density at radius 1 is 0.933 bits per heavy atom. The van der Waals surface area contributed by atoms with E-state index in [0.717, 1.165) is 12.0 Å². The minimum Gasteiger partial charge on any atom is -0.493 e. The Morgan fingerprint density at radius 2 is 1.57 bits per heavy atom. The van der Waals surface area contributed by atoms with E-state index in [2.05, 4.69) is 38.2 Å². The fourth-order valence-corrected chi connectivity index (χ4v) is 3.28. The first-order chi connectivity index (χ1) is 14.2. The zero-order chi connectivity index (χ0) is 22.3. The molecule has 0 aliphatic heterocycles. The largest absolute Gasteiger partial charge is 0.493 e. The maximum Gasteiger partial charge on any atom is 0.261 e. The van der Waals surface area contributed by atoms with E-state index in [1.54, 1.807) is 14.2 Å². The Morgan fingerprint density at radius 3 is 2.07 bits per heavy atom. The summed E-state index contributed by atoms with van der Waals surface area (Å²) in [4.78, 5) is 12.9. The molecule has 1 amide bonds. The van der Waals surface area contributed by atoms with Crippen LogP contribution in [0.5, 0.6) is 17.2 Å². The van der Waals surface area contributed by atoms with Crippen LogP contribution in [0.25, 0.3) is 0 Å². The first-order valence-electron chi connectivity index (χ1n) is 10.5. The van der Waals surface area contributed by atoms with Gasteiger partial charge in [0.2, 0.25) is 0 Å². The molecule has 0 bridgehead atoms. The lowest BCUT2D eigenvalue weighted by molar-refractivity contribution is -0.128. The van der Waals surface area contributed by atoms with Gasteiger partial charge < -0.3 is 19.5 Å². The number of hydrogen-bond donors (Lipinski definition) is 1. The number of hydrogen-bond acceptors (Lipinski definition) is 4. The minimum absolute atomic E-state index is 0.0772. The maximum absolute atomic E-state index is 12.9. The van der Waals surface area contributed by atoms with Gasteiger partial charge in [0.1, 0.15) is 5.75 Å². The molecule has 2 rings (SSSR count). The van der Waals surface area contributed by atoms with Crippen LogP contribution in [0.4, 0.5) is 0 Å². The van der Waals surface area contributed by atoms with E-state index in [1.807, 2.05) is 44.2 Å². The van der Waals surface area contributed by atoms with Crippen LogP contribution in [0.2, 0.25) is 0 Å². The lowest BCUT2D eigenvalue weighted by Crippen LogP contribution is -2.40. The fraction of sp³-hybridized carbons (Fsp3) is 0.480. The molecule has 2 aromatic rings. The normalized spacial score (nSPS) is 13.3. The van der Waals surface area contributed by atoms with Crippen molar-refractivity contribution in [3.8, 4) is 17.2 Å². The summed E-state index contributed by atoms with van der Waals surface area (Å²) in [5.41, 5.74) is 2.27. The first kappa shape index (κ1) is 23.6. The van der Waals surface area contributed by atoms with E-state index in [4.69, 9.17) is 14.2 Å². The number of carbonyl (C=O) groups is 1. The Hall–Kier alpha value is -2.69. The van der Waals surface area contributed by atoms with Crippen molar-refractivity contribution >= 4 is 5.91 Å². The van der Waals surface area contributed by atoms with Gasteiger partial charge in [-0.1, -0.05) is 52.8 Å². The lowest BCUT2D eigenvalue weighted by atomic mass is 9.87. The van der Waals surface area contributed by atoms with Gasteiger partial charge in [-0.05, 0) is 53.6 Å². The Labute approximate surface area is 180 Å². The van der Waals surface area contributed by atoms with Gasteiger partial charge in [0.25, 0.3) is 5.91 Å². The van der Waals surface area contributed by atoms with Crippen molar-refractivity contribution in [3.05, 3.63) is 53.6 Å². The van der Waals surface area contributed by atoms with Gasteiger partial charge in [-0.15, -0.1) is 0 Å². The van der Waals surface area contributed by atoms with Crippen molar-refractivity contribution < 1.29 is 19.0 Å². The number of carbonyl (C=O) groups excluding carboxylic acids is 1. The monoisotopic (exact) mass is 413 g/mol. The molecule has 2 atom stereocenters. The minimum atomic E-state index is -0.556. The molecule has 0 saturated heterocycles. The van der Waals surface area contributed by atoms with Crippen LogP contribution >= 0.6 is 0 Å². The summed E-state index contributed by atoms with van der Waals surface area (Å²) in [6, 6.07) is 13.5. The highest BCUT2D eigenvalue weighted by Crippen LogP contribution is 2.31. The topological polar surface area (TPSA) is 56.8 Å². The second kappa shape index (κ2) is 10.4. The first-order valence-corrected chi connectivity index (χ1v) is 10.5. The third kappa shape index (κ3) is 5.91. The van der Waals surface area contributed by atoms with Crippen molar-refractivity contribution in [2.45, 2.75) is 65.0 Å². The van der Waals surface area contributed by atoms with Crippen LogP contribution in [0, 0.1) is 0 Å². The van der Waals surface area contributed by atoms with Gasteiger partial charge in [0.15, 0.2) is 17.6 Å². The third-order valence-corrected chi connectivity index (χ3v) is 5.20. The summed E-state index contributed by atoms with van der Waals surface area (Å²) in [7, 11) is 3.21. The van der Waals surface area contributed by atoms with Crippen LogP contribution in [-0.2, 0) is 10.2 Å². The summed E-state index contributed by atoms with van der Waals surface area (Å²) in [6.45, 7) is 10.5. The lowest BCUT2D eigenvalue weighted by Gasteiger charge is -2.24. The van der Waals surface area contributed by atoms with Crippen LogP contribution in [0.15, 0.2) is 42.5 Å². The second-order valence-electron chi connectivity index (χ2n) is 8.37. The van der Waals surface area contributed by atoms with Gasteiger partial charge in [-0.2, -0.15) is 0 Å². The van der Waals surface area contributed by atoms with Crippen molar-refractivity contribution in [3.63, 3.8) is 0 Å². The zero-order valence-corrected chi connectivity index (χ0v) is 19.2. The fourth-order valence-electron chi connectivity index (χ4n) is 3.28. The van der Waals surface area contributed by atoms with Gasteiger partial charge in [0, 0.05) is 0 Å². The van der Waals surface area contributed by atoms with Crippen molar-refractivity contribution in [1.82, 2.24) is 5.32 Å². The molecule has 0 aliphatic carbocycles. The summed E-state index contributed by atoms with van der Waals surface area (Å²) in [6.07, 6.45) is 0.771. The Balaban J connectivity index is 2.11. The summed E-state index contributed by atoms with van der Waals surface area (Å²) >= 11 is 0. The molecule has 30 heavy (non-hydrogen) atoms. The highest BCUT2D eigenvalue weighted by Gasteiger charge is 2.23. The summed E-state index contributed by atoms with van der Waals surface area (Å²) in [5, 5.41) is 3.12. The highest BCUT2D eigenvalue weighted by atomic mass is 16.5. The van der Waals surface area contributed by atoms with E-state index in [0.29, 0.717) is 23.7 Å². The average molecular weight is 414 g/mol. The SMILES string of the molecule is CC[C@H](Oc1ccc(C(C)(C)C)cc1)C(=O)N[C@@H](CC)c1ccc(OC)c(OC)c1. The van der Waals surface area contributed by atoms with Gasteiger partial charge in [0.05, 0.1) is 20.3 Å². The van der Waals surface area contributed by atoms with Crippen molar-refractivity contribution in [2.24, 2.45) is 0 Å². The number of rotatable bonds is 9. The predicted molar refractivity (Wildman–Crippen MR) is 121 cm³/mol. The van der Waals surface area contributed by atoms with Crippen molar-refractivity contribution in [2.75, 3.05) is 14.2 Å². The van der Waals surface area contributed by atoms with Gasteiger partial charge in [-0.3, -0.25) is 4.79 Å². The number of benzene rings is 2. The van der Waals surface area contributed by atoms with E-state index in [9.17, 15) is 4.79 Å². The molecular formula is C25H35NO4. The van der Waals surface area contributed by atoms with Gasteiger partial charge in [-0.25, -0.2) is 0 Å². The summed E-state index contributed by atoms with van der Waals surface area (Å²) in [5.74, 6) is 1.88. The quantitative estimate of drug-likeness (QED) is 0.596. The zero-order valence-electron chi connectivity index (χ0n) is 19.2. The van der Waals surface area contributed by atoms with E-state index in [-0.39, 0.29) is 17.4 Å². The molecule has 0 spiro atoms. The Bertz CT molecular complexity index is 824. The number of nitrogens with one attached hydrogen (secondary N) is 1. The molecule has 164 valence electrons. The van der Waals surface area contributed by atoms with E-state index >= 15 is 0 Å². The molecule has 0 radical (unpaired) electrons. The highest BCUT2D eigenvalue weighted by molar-refractivity contribution is 5.81. The standard InChI is InChI=1S/C25H35NO4/c1-8-20(17-10-15-22(28-6)23(16-17)29-7)26-24(27)21(9-2)30-19-13-11-18(12-14-19)25(3,4)5/h10-16,20-21H,8-9H2,1-7H3,(H,26,27)/t20-,21-/m0/s1. The van der Waals surface area contributed by atoms with Crippen LogP contribution in [0.1, 0.15) is 64.6 Å². The molecule has 0 fully saturated rings. The smallest absolute Gasteiger partial charge is 0.261 e. The molecule has 2 aromatic carbocycles. The third-order valence-electron chi connectivity index (χ3n) is 5.20. The molecule has 0 unspecified atom stereocenters. The molecule has 5 nitrogen and oxygen atoms in total. The van der Waals surface area contributed by atoms with E-state index in [1.165, 1.54) is 5.56 Å². The van der Waals surface area contributed by atoms with Crippen LogP contribution in [0.3, 0.4) is 0 Å². The average Bonchev–Trinajstić information content (AvgIpc) is 2.74. The van der Waals surface area contributed by atoms with E-state index < -0.39 is 6.10 Å². The molecular weight excluding hydrogens is 378 g/mol. The molecule has 0 aliphatic rings. The number of methoxy groups -OCH3 is 2. The predicted octanol–water partition coefficient (Wildman–Crippen LogP) is 5.43. The van der Waals surface area contributed by atoms with Crippen LogP contribution < -0.4 is 19.5 Å². The van der Waals surface area contributed by atoms with Crippen LogP contribution in [-0.4, -0.2) is 26.2 Å². The maximum atomic E-state index is 12.9. The number of amides is 1. The second-order valence-corrected chi connectivity index (χ2v) is 8.37. The Kier molecular flexibility index (Phi) is 8.16. The molecule has 0 saturated carbocycles.